The Morgan fingerprint density at radius 2 is 1.44 bits per heavy atom. The van der Waals surface area contributed by atoms with Crippen molar-refractivity contribution >= 4 is 0 Å². The normalized spacial score (nSPS) is 10.7. The second kappa shape index (κ2) is 11.3. The van der Waals surface area contributed by atoms with E-state index in [4.69, 9.17) is 0 Å². The third-order valence-electron chi connectivity index (χ3n) is 3.54. The van der Waals surface area contributed by atoms with Gasteiger partial charge in [-0.2, -0.15) is 0 Å². The van der Waals surface area contributed by atoms with Crippen LogP contribution in [-0.4, -0.2) is 4.98 Å². The first kappa shape index (κ1) is 15.2. The van der Waals surface area contributed by atoms with E-state index in [2.05, 4.69) is 18.0 Å². The zero-order chi connectivity index (χ0) is 12.9. The quantitative estimate of drug-likeness (QED) is 0.467. The van der Waals surface area contributed by atoms with Crippen LogP contribution in [-0.2, 0) is 6.42 Å². The molecule has 0 unspecified atom stereocenters. The van der Waals surface area contributed by atoms with Crippen LogP contribution in [0, 0.1) is 0 Å². The predicted octanol–water partition coefficient (Wildman–Crippen LogP) is 5.55. The summed E-state index contributed by atoms with van der Waals surface area (Å²) in [6.07, 6.45) is 19.1. The molecule has 1 aromatic heterocycles. The lowest BCUT2D eigenvalue weighted by Gasteiger charge is -2.02. The standard InChI is InChI=1S/C17H29N/c1-2-3-4-5-6-7-8-9-10-11-13-17-14-12-15-18-16-17/h12,14-16H,2-11,13H2,1H3. The van der Waals surface area contributed by atoms with Crippen LogP contribution in [0.25, 0.3) is 0 Å². The van der Waals surface area contributed by atoms with Crippen LogP contribution in [0.2, 0.25) is 0 Å². The van der Waals surface area contributed by atoms with E-state index in [1.165, 1.54) is 76.2 Å². The predicted molar refractivity (Wildman–Crippen MR) is 79.8 cm³/mol. The van der Waals surface area contributed by atoms with Crippen LogP contribution in [0.4, 0.5) is 0 Å². The van der Waals surface area contributed by atoms with Gasteiger partial charge < -0.3 is 0 Å². The number of hydrogen-bond donors (Lipinski definition) is 0. The molecule has 0 atom stereocenters. The molecule has 1 heterocycles. The Morgan fingerprint density at radius 1 is 0.833 bits per heavy atom. The maximum atomic E-state index is 4.15. The molecule has 0 spiro atoms. The second-order valence-corrected chi connectivity index (χ2v) is 5.29. The highest BCUT2D eigenvalue weighted by atomic mass is 14.6. The summed E-state index contributed by atoms with van der Waals surface area (Å²) < 4.78 is 0. The molecule has 0 fully saturated rings. The third kappa shape index (κ3) is 8.27. The second-order valence-electron chi connectivity index (χ2n) is 5.29. The highest BCUT2D eigenvalue weighted by Gasteiger charge is 1.94. The molecule has 102 valence electrons. The van der Waals surface area contributed by atoms with Crippen molar-refractivity contribution < 1.29 is 0 Å². The Labute approximate surface area is 113 Å². The highest BCUT2D eigenvalue weighted by molar-refractivity contribution is 5.08. The number of pyridine rings is 1. The molecule has 0 saturated heterocycles. The lowest BCUT2D eigenvalue weighted by Crippen LogP contribution is -1.87. The van der Waals surface area contributed by atoms with E-state index in [-0.39, 0.29) is 0 Å². The first-order valence-electron chi connectivity index (χ1n) is 7.82. The molecular formula is C17H29N. The van der Waals surface area contributed by atoms with Crippen molar-refractivity contribution in [2.24, 2.45) is 0 Å². The maximum Gasteiger partial charge on any atom is 0.0299 e. The van der Waals surface area contributed by atoms with E-state index < -0.39 is 0 Å². The number of unbranched alkanes of at least 4 members (excludes halogenated alkanes) is 9. The van der Waals surface area contributed by atoms with E-state index >= 15 is 0 Å². The number of nitrogens with zero attached hydrogens (tertiary/aromatic N) is 1. The molecule has 0 aliphatic heterocycles. The molecule has 0 aromatic carbocycles. The van der Waals surface area contributed by atoms with Gasteiger partial charge in [0, 0.05) is 12.4 Å². The largest absolute Gasteiger partial charge is 0.264 e. The van der Waals surface area contributed by atoms with Crippen molar-refractivity contribution in [1.29, 1.82) is 0 Å². The van der Waals surface area contributed by atoms with Gasteiger partial charge in [0.15, 0.2) is 0 Å². The summed E-state index contributed by atoms with van der Waals surface area (Å²) >= 11 is 0. The number of hydrogen-bond acceptors (Lipinski definition) is 1. The van der Waals surface area contributed by atoms with Crippen LogP contribution >= 0.6 is 0 Å². The lowest BCUT2D eigenvalue weighted by atomic mass is 10.0. The highest BCUT2D eigenvalue weighted by Crippen LogP contribution is 2.11. The van der Waals surface area contributed by atoms with Crippen molar-refractivity contribution in [1.82, 2.24) is 4.98 Å². The molecule has 0 bridgehead atoms. The fourth-order valence-electron chi connectivity index (χ4n) is 2.36. The average Bonchev–Trinajstić information content (AvgIpc) is 2.42. The average molecular weight is 247 g/mol. The van der Waals surface area contributed by atoms with Crippen LogP contribution in [0.1, 0.15) is 76.7 Å². The lowest BCUT2D eigenvalue weighted by molar-refractivity contribution is 0.556. The molecule has 18 heavy (non-hydrogen) atoms. The summed E-state index contributed by atoms with van der Waals surface area (Å²) in [7, 11) is 0. The SMILES string of the molecule is CCCCCCCCCCCCc1cccnc1. The molecular weight excluding hydrogens is 218 g/mol. The fourth-order valence-corrected chi connectivity index (χ4v) is 2.36. The molecule has 0 aliphatic rings. The topological polar surface area (TPSA) is 12.9 Å². The monoisotopic (exact) mass is 247 g/mol. The molecule has 1 heteroatoms. The number of rotatable bonds is 11. The minimum absolute atomic E-state index is 1.20. The van der Waals surface area contributed by atoms with E-state index in [9.17, 15) is 0 Å². The zero-order valence-electron chi connectivity index (χ0n) is 12.0. The van der Waals surface area contributed by atoms with Crippen molar-refractivity contribution in [3.8, 4) is 0 Å². The first-order chi connectivity index (χ1) is 8.93. The number of aromatic nitrogens is 1. The van der Waals surface area contributed by atoms with Gasteiger partial charge in [-0.15, -0.1) is 0 Å². The van der Waals surface area contributed by atoms with Crippen LogP contribution in [0.3, 0.4) is 0 Å². The van der Waals surface area contributed by atoms with Gasteiger partial charge in [-0.05, 0) is 24.5 Å². The zero-order valence-corrected chi connectivity index (χ0v) is 12.0. The number of aryl methyl sites for hydroxylation is 1. The van der Waals surface area contributed by atoms with E-state index in [1.807, 2.05) is 18.5 Å². The maximum absolute atomic E-state index is 4.15. The Bertz CT molecular complexity index is 268. The van der Waals surface area contributed by atoms with Crippen molar-refractivity contribution in [2.75, 3.05) is 0 Å². The van der Waals surface area contributed by atoms with Crippen LogP contribution in [0.15, 0.2) is 24.5 Å². The molecule has 0 amide bonds. The minimum Gasteiger partial charge on any atom is -0.264 e. The van der Waals surface area contributed by atoms with Gasteiger partial charge in [-0.25, -0.2) is 0 Å². The van der Waals surface area contributed by atoms with Crippen molar-refractivity contribution in [3.05, 3.63) is 30.1 Å². The summed E-state index contributed by atoms with van der Waals surface area (Å²) in [4.78, 5) is 4.15. The minimum atomic E-state index is 1.20. The Balaban J connectivity index is 1.82. The van der Waals surface area contributed by atoms with Gasteiger partial charge in [-0.3, -0.25) is 4.98 Å². The molecule has 0 aliphatic carbocycles. The van der Waals surface area contributed by atoms with Gasteiger partial charge in [0.25, 0.3) is 0 Å². The van der Waals surface area contributed by atoms with Crippen LogP contribution < -0.4 is 0 Å². The smallest absolute Gasteiger partial charge is 0.0299 e. The van der Waals surface area contributed by atoms with E-state index in [0.717, 1.165) is 0 Å². The summed E-state index contributed by atoms with van der Waals surface area (Å²) in [6.45, 7) is 2.28. The summed E-state index contributed by atoms with van der Waals surface area (Å²) in [5, 5.41) is 0. The van der Waals surface area contributed by atoms with Crippen LogP contribution in [0.5, 0.6) is 0 Å². The fraction of sp³-hybridized carbons (Fsp3) is 0.706. The van der Waals surface area contributed by atoms with Gasteiger partial charge in [0.05, 0.1) is 0 Å². The van der Waals surface area contributed by atoms with Gasteiger partial charge in [0.2, 0.25) is 0 Å². The van der Waals surface area contributed by atoms with Gasteiger partial charge in [-0.1, -0.05) is 70.8 Å². The molecule has 1 aromatic rings. The van der Waals surface area contributed by atoms with E-state index in [0.29, 0.717) is 0 Å². The Morgan fingerprint density at radius 3 is 2.00 bits per heavy atom. The molecule has 0 N–H and O–H groups in total. The Kier molecular flexibility index (Phi) is 9.51. The summed E-state index contributed by atoms with van der Waals surface area (Å²) in [6, 6.07) is 4.21. The third-order valence-corrected chi connectivity index (χ3v) is 3.54. The molecule has 0 radical (unpaired) electrons. The molecule has 1 nitrogen and oxygen atoms in total. The summed E-state index contributed by atoms with van der Waals surface area (Å²) in [5.74, 6) is 0. The van der Waals surface area contributed by atoms with E-state index in [1.54, 1.807) is 0 Å². The van der Waals surface area contributed by atoms with Gasteiger partial charge >= 0.3 is 0 Å². The van der Waals surface area contributed by atoms with Gasteiger partial charge in [0.1, 0.15) is 0 Å². The first-order valence-corrected chi connectivity index (χ1v) is 7.82. The Hall–Kier alpha value is -0.850. The molecule has 0 saturated carbocycles. The summed E-state index contributed by atoms with van der Waals surface area (Å²) in [5.41, 5.74) is 1.39. The molecule has 1 rings (SSSR count). The van der Waals surface area contributed by atoms with Crippen molar-refractivity contribution in [3.63, 3.8) is 0 Å². The van der Waals surface area contributed by atoms with Crippen molar-refractivity contribution in [2.45, 2.75) is 77.6 Å².